The maximum atomic E-state index is 11.9. The number of nitrogens with two attached hydrogens (primary N) is 1. The van der Waals surface area contributed by atoms with E-state index in [1.807, 2.05) is 20.8 Å². The molecule has 0 aliphatic rings. The van der Waals surface area contributed by atoms with Gasteiger partial charge in [0.15, 0.2) is 0 Å². The Balaban J connectivity index is 2.93. The molecule has 19 heavy (non-hydrogen) atoms. The third kappa shape index (κ3) is 3.66. The normalized spacial score (nSPS) is 12.3. The molecule has 0 spiro atoms. The number of hydrogen-bond acceptors (Lipinski definition) is 4. The van der Waals surface area contributed by atoms with E-state index in [9.17, 15) is 4.79 Å². The van der Waals surface area contributed by atoms with E-state index >= 15 is 0 Å². The molecule has 1 heterocycles. The fourth-order valence-electron chi connectivity index (χ4n) is 1.80. The predicted molar refractivity (Wildman–Crippen MR) is 80.2 cm³/mol. The van der Waals surface area contributed by atoms with Gasteiger partial charge in [0.25, 0.3) is 0 Å². The molecule has 0 fully saturated rings. The Morgan fingerprint density at radius 2 is 2.00 bits per heavy atom. The van der Waals surface area contributed by atoms with E-state index in [-0.39, 0.29) is 16.9 Å². The van der Waals surface area contributed by atoms with E-state index in [4.69, 9.17) is 18.0 Å². The van der Waals surface area contributed by atoms with Crippen LogP contribution in [0.1, 0.15) is 32.0 Å². The van der Waals surface area contributed by atoms with Gasteiger partial charge in [0.05, 0.1) is 11.3 Å². The minimum Gasteiger partial charge on any atom is -0.389 e. The Labute approximate surface area is 118 Å². The first-order chi connectivity index (χ1) is 8.73. The number of carbonyl (C=O) groups excluding carboxylic acids is 1. The van der Waals surface area contributed by atoms with Gasteiger partial charge in [0.1, 0.15) is 16.8 Å². The van der Waals surface area contributed by atoms with Crippen LogP contribution in [0.2, 0.25) is 0 Å². The number of rotatable bonds is 5. The van der Waals surface area contributed by atoms with Crippen LogP contribution in [0, 0.1) is 6.92 Å². The molecule has 6 nitrogen and oxygen atoms in total. The molecule has 7 heteroatoms. The number of anilines is 1. The number of hydrogen-bond donors (Lipinski definition) is 3. The highest BCUT2D eigenvalue weighted by molar-refractivity contribution is 7.80. The Kier molecular flexibility index (Phi) is 4.88. The Morgan fingerprint density at radius 3 is 2.47 bits per heavy atom. The number of nitrogens with one attached hydrogen (secondary N) is 2. The van der Waals surface area contributed by atoms with Crippen molar-refractivity contribution in [2.24, 2.45) is 12.8 Å². The molecule has 1 aromatic heterocycles. The van der Waals surface area contributed by atoms with Gasteiger partial charge >= 0.3 is 0 Å². The zero-order valence-electron chi connectivity index (χ0n) is 11.9. The topological polar surface area (TPSA) is 85.0 Å². The summed E-state index contributed by atoms with van der Waals surface area (Å²) < 4.78 is 1.64. The highest BCUT2D eigenvalue weighted by Gasteiger charge is 2.20. The summed E-state index contributed by atoms with van der Waals surface area (Å²) in [7, 11) is 1.78. The lowest BCUT2D eigenvalue weighted by Crippen LogP contribution is -2.41. The smallest absolute Gasteiger partial charge is 0.242 e. The lowest BCUT2D eigenvalue weighted by Gasteiger charge is -2.18. The van der Waals surface area contributed by atoms with Gasteiger partial charge in [-0.3, -0.25) is 9.48 Å². The lowest BCUT2D eigenvalue weighted by atomic mass is 10.2. The summed E-state index contributed by atoms with van der Waals surface area (Å²) >= 11 is 5.02. The minimum atomic E-state index is -0.398. The molecule has 0 aliphatic heterocycles. The maximum absolute atomic E-state index is 11.9. The third-order valence-electron chi connectivity index (χ3n) is 2.65. The Morgan fingerprint density at radius 1 is 1.42 bits per heavy atom. The van der Waals surface area contributed by atoms with Crippen LogP contribution < -0.4 is 16.4 Å². The zero-order chi connectivity index (χ0) is 14.7. The zero-order valence-corrected chi connectivity index (χ0v) is 12.8. The van der Waals surface area contributed by atoms with Crippen molar-refractivity contribution >= 4 is 28.9 Å². The summed E-state index contributed by atoms with van der Waals surface area (Å²) in [5.74, 6) is 0.583. The molecule has 0 bridgehead atoms. The van der Waals surface area contributed by atoms with Gasteiger partial charge in [-0.25, -0.2) is 0 Å². The molecule has 1 rings (SSSR count). The lowest BCUT2D eigenvalue weighted by molar-refractivity contribution is -0.122. The number of aromatic nitrogens is 2. The quantitative estimate of drug-likeness (QED) is 0.692. The van der Waals surface area contributed by atoms with E-state index < -0.39 is 6.04 Å². The van der Waals surface area contributed by atoms with Gasteiger partial charge in [0.2, 0.25) is 5.91 Å². The van der Waals surface area contributed by atoms with Crippen LogP contribution in [0.4, 0.5) is 5.82 Å². The molecular weight excluding hydrogens is 262 g/mol. The Hall–Kier alpha value is -1.63. The average molecular weight is 283 g/mol. The number of thiocarbonyl (C=S) groups is 1. The van der Waals surface area contributed by atoms with Crippen molar-refractivity contribution in [1.29, 1.82) is 0 Å². The molecule has 0 aliphatic carbocycles. The monoisotopic (exact) mass is 283 g/mol. The van der Waals surface area contributed by atoms with Crippen LogP contribution in [0.3, 0.4) is 0 Å². The molecule has 1 amide bonds. The van der Waals surface area contributed by atoms with Crippen LogP contribution in [-0.2, 0) is 11.8 Å². The molecule has 0 saturated heterocycles. The van der Waals surface area contributed by atoms with Crippen molar-refractivity contribution in [2.45, 2.75) is 39.8 Å². The van der Waals surface area contributed by atoms with Gasteiger partial charge < -0.3 is 16.4 Å². The molecule has 0 radical (unpaired) electrons. The first kappa shape index (κ1) is 15.4. The Bertz CT molecular complexity index is 495. The van der Waals surface area contributed by atoms with Crippen LogP contribution in [0.5, 0.6) is 0 Å². The van der Waals surface area contributed by atoms with Crippen LogP contribution >= 0.6 is 12.2 Å². The average Bonchev–Trinajstić information content (AvgIpc) is 2.52. The van der Waals surface area contributed by atoms with Crippen LogP contribution in [0.15, 0.2) is 0 Å². The summed E-state index contributed by atoms with van der Waals surface area (Å²) in [5, 5.41) is 10.2. The largest absolute Gasteiger partial charge is 0.389 e. The molecule has 1 atom stereocenters. The summed E-state index contributed by atoms with van der Waals surface area (Å²) in [6.07, 6.45) is 0. The number of amides is 1. The molecule has 0 aromatic carbocycles. The molecular formula is C12H21N5OS. The van der Waals surface area contributed by atoms with Crippen LogP contribution in [0.25, 0.3) is 0 Å². The third-order valence-corrected chi connectivity index (χ3v) is 2.85. The second kappa shape index (κ2) is 6.01. The predicted octanol–water partition coefficient (Wildman–Crippen LogP) is 0.688. The maximum Gasteiger partial charge on any atom is 0.242 e. The highest BCUT2D eigenvalue weighted by atomic mass is 32.1. The van der Waals surface area contributed by atoms with E-state index in [1.54, 1.807) is 18.7 Å². The first-order valence-electron chi connectivity index (χ1n) is 6.14. The fraction of sp³-hybridized carbons (Fsp3) is 0.583. The van der Waals surface area contributed by atoms with Gasteiger partial charge in [0, 0.05) is 13.1 Å². The van der Waals surface area contributed by atoms with Crippen molar-refractivity contribution in [3.8, 4) is 0 Å². The summed E-state index contributed by atoms with van der Waals surface area (Å²) in [4.78, 5) is 12.2. The molecule has 1 aromatic rings. The van der Waals surface area contributed by atoms with Crippen LogP contribution in [-0.4, -0.2) is 32.8 Å². The fourth-order valence-corrected chi connectivity index (χ4v) is 2.04. The second-order valence-electron chi connectivity index (χ2n) is 4.83. The molecule has 4 N–H and O–H groups in total. The number of nitrogens with zero attached hydrogens (tertiary/aromatic N) is 2. The number of aryl methyl sites for hydroxylation is 2. The van der Waals surface area contributed by atoms with Crippen molar-refractivity contribution in [3.63, 3.8) is 0 Å². The van der Waals surface area contributed by atoms with Crippen molar-refractivity contribution < 1.29 is 4.79 Å². The van der Waals surface area contributed by atoms with Gasteiger partial charge in [-0.1, -0.05) is 12.2 Å². The van der Waals surface area contributed by atoms with E-state index in [0.717, 1.165) is 5.69 Å². The van der Waals surface area contributed by atoms with E-state index in [1.165, 1.54) is 0 Å². The van der Waals surface area contributed by atoms with Gasteiger partial charge in [-0.15, -0.1) is 0 Å². The standard InChI is InChI=1S/C12H21N5OS/c1-6(2)14-12(18)8(4)15-11-9(10(13)19)7(3)16-17(11)5/h6,8,15H,1-5H3,(H2,13,19)(H,14,18). The number of carbonyl (C=O) groups is 1. The molecule has 1 unspecified atom stereocenters. The van der Waals surface area contributed by atoms with E-state index in [0.29, 0.717) is 11.4 Å². The summed E-state index contributed by atoms with van der Waals surface area (Å²) in [6.45, 7) is 7.44. The highest BCUT2D eigenvalue weighted by Crippen LogP contribution is 2.19. The van der Waals surface area contributed by atoms with Gasteiger partial charge in [-0.05, 0) is 27.7 Å². The van der Waals surface area contributed by atoms with Crippen molar-refractivity contribution in [1.82, 2.24) is 15.1 Å². The SMILES string of the molecule is Cc1nn(C)c(NC(C)C(=O)NC(C)C)c1C(N)=S. The first-order valence-corrected chi connectivity index (χ1v) is 6.55. The second-order valence-corrected chi connectivity index (χ2v) is 5.27. The van der Waals surface area contributed by atoms with E-state index in [2.05, 4.69) is 15.7 Å². The molecule has 0 saturated carbocycles. The minimum absolute atomic E-state index is 0.0808. The van der Waals surface area contributed by atoms with Crippen molar-refractivity contribution in [2.75, 3.05) is 5.32 Å². The summed E-state index contributed by atoms with van der Waals surface area (Å²) in [6, 6.07) is -0.301. The van der Waals surface area contributed by atoms with Gasteiger partial charge in [-0.2, -0.15) is 5.10 Å². The summed E-state index contributed by atoms with van der Waals surface area (Å²) in [5.41, 5.74) is 7.13. The van der Waals surface area contributed by atoms with Crippen molar-refractivity contribution in [3.05, 3.63) is 11.3 Å². The molecule has 106 valence electrons.